The van der Waals surface area contributed by atoms with Gasteiger partial charge in [0.2, 0.25) is 0 Å². The fourth-order valence-electron chi connectivity index (χ4n) is 5.12. The van der Waals surface area contributed by atoms with E-state index in [0.29, 0.717) is 24.2 Å². The predicted molar refractivity (Wildman–Crippen MR) is 127 cm³/mol. The van der Waals surface area contributed by atoms with Crippen molar-refractivity contribution in [1.82, 2.24) is 9.80 Å². The number of aliphatic hydroxyl groups excluding tert-OH is 1. The van der Waals surface area contributed by atoms with Crippen LogP contribution >= 0.6 is 0 Å². The molecule has 5 rings (SSSR count). The number of carbonyl (C=O) groups excluding carboxylic acids is 2. The zero-order valence-corrected chi connectivity index (χ0v) is 18.7. The maximum atomic E-state index is 13.2. The number of benzene rings is 3. The van der Waals surface area contributed by atoms with Crippen LogP contribution in [0.25, 0.3) is 21.9 Å². The van der Waals surface area contributed by atoms with E-state index in [4.69, 9.17) is 4.74 Å². The number of rotatable bonds is 4. The first-order chi connectivity index (χ1) is 16.0. The lowest BCUT2D eigenvalue weighted by atomic mass is 9.96. The number of hydrogen-bond donors (Lipinski definition) is 1. The van der Waals surface area contributed by atoms with E-state index < -0.39 is 6.10 Å². The normalized spacial score (nSPS) is 21.0. The second-order valence-electron chi connectivity index (χ2n) is 8.90. The van der Waals surface area contributed by atoms with Crippen LogP contribution in [0.2, 0.25) is 0 Å². The highest BCUT2D eigenvalue weighted by Crippen LogP contribution is 2.29. The Bertz CT molecular complexity index is 1200. The summed E-state index contributed by atoms with van der Waals surface area (Å²) in [4.78, 5) is 29.4. The second kappa shape index (κ2) is 8.96. The van der Waals surface area contributed by atoms with Crippen LogP contribution in [0.15, 0.2) is 60.7 Å². The number of ether oxygens (including phenoxy) is 1. The minimum absolute atomic E-state index is 0.0364. The number of aliphatic hydroxyl groups is 1. The maximum absolute atomic E-state index is 13.2. The van der Waals surface area contributed by atoms with Crippen molar-refractivity contribution in [2.24, 2.45) is 0 Å². The van der Waals surface area contributed by atoms with Crippen molar-refractivity contribution in [3.05, 3.63) is 71.8 Å². The van der Waals surface area contributed by atoms with Gasteiger partial charge in [-0.3, -0.25) is 9.69 Å². The first kappa shape index (κ1) is 21.6. The molecule has 2 aliphatic heterocycles. The van der Waals surface area contributed by atoms with Gasteiger partial charge in [-0.1, -0.05) is 36.4 Å². The smallest absolute Gasteiger partial charge is 0.338 e. The van der Waals surface area contributed by atoms with Gasteiger partial charge in [0.1, 0.15) is 0 Å². The van der Waals surface area contributed by atoms with E-state index in [9.17, 15) is 14.7 Å². The molecule has 6 nitrogen and oxygen atoms in total. The predicted octanol–water partition coefficient (Wildman–Crippen LogP) is 3.57. The zero-order valence-electron chi connectivity index (χ0n) is 18.7. The molecule has 6 heteroatoms. The van der Waals surface area contributed by atoms with E-state index in [-0.39, 0.29) is 17.9 Å². The molecule has 3 aromatic carbocycles. The van der Waals surface area contributed by atoms with Crippen molar-refractivity contribution in [2.75, 3.05) is 33.3 Å². The van der Waals surface area contributed by atoms with Crippen LogP contribution in [0, 0.1) is 0 Å². The molecule has 0 bridgehead atoms. The van der Waals surface area contributed by atoms with E-state index >= 15 is 0 Å². The second-order valence-corrected chi connectivity index (χ2v) is 8.90. The Morgan fingerprint density at radius 1 is 0.939 bits per heavy atom. The molecule has 2 saturated heterocycles. The summed E-state index contributed by atoms with van der Waals surface area (Å²) in [7, 11) is 1.38. The summed E-state index contributed by atoms with van der Waals surface area (Å²) in [6.45, 7) is 2.95. The van der Waals surface area contributed by atoms with E-state index in [1.165, 1.54) is 7.11 Å². The van der Waals surface area contributed by atoms with E-state index in [2.05, 4.69) is 4.90 Å². The number of fused-ring (bicyclic) bond motifs is 1. The molecule has 170 valence electrons. The third kappa shape index (κ3) is 4.12. The minimum Gasteiger partial charge on any atom is -0.465 e. The van der Waals surface area contributed by atoms with Crippen LogP contribution in [0.3, 0.4) is 0 Å². The van der Waals surface area contributed by atoms with Gasteiger partial charge in [0.25, 0.3) is 5.91 Å². The fraction of sp³-hybridized carbons (Fsp3) is 0.333. The largest absolute Gasteiger partial charge is 0.465 e. The summed E-state index contributed by atoms with van der Waals surface area (Å²) in [6.07, 6.45) is 1.83. The molecule has 3 aromatic rings. The lowest BCUT2D eigenvalue weighted by molar-refractivity contribution is 0.0601. The average molecular weight is 445 g/mol. The summed E-state index contributed by atoms with van der Waals surface area (Å²) < 4.78 is 4.92. The maximum Gasteiger partial charge on any atom is 0.338 e. The molecule has 0 saturated carbocycles. The van der Waals surface area contributed by atoms with Gasteiger partial charge in [0.15, 0.2) is 0 Å². The lowest BCUT2D eigenvalue weighted by Gasteiger charge is -2.25. The Kier molecular flexibility index (Phi) is 5.87. The Balaban J connectivity index is 1.39. The number of hydrogen-bond acceptors (Lipinski definition) is 5. The van der Waals surface area contributed by atoms with Crippen LogP contribution in [-0.2, 0) is 4.74 Å². The molecule has 2 aliphatic rings. The van der Waals surface area contributed by atoms with Gasteiger partial charge in [-0.05, 0) is 72.1 Å². The summed E-state index contributed by atoms with van der Waals surface area (Å²) in [5, 5.41) is 12.5. The minimum atomic E-state index is -0.495. The van der Waals surface area contributed by atoms with Gasteiger partial charge >= 0.3 is 5.97 Å². The number of carbonyl (C=O) groups is 2. The fourth-order valence-corrected chi connectivity index (χ4v) is 5.12. The molecule has 2 heterocycles. The molecular weight excluding hydrogens is 416 g/mol. The highest BCUT2D eigenvalue weighted by atomic mass is 16.5. The molecule has 1 N–H and O–H groups in total. The Hall–Kier alpha value is -3.22. The molecule has 0 radical (unpaired) electrons. The monoisotopic (exact) mass is 444 g/mol. The molecule has 2 atom stereocenters. The van der Waals surface area contributed by atoms with Crippen molar-refractivity contribution in [3.63, 3.8) is 0 Å². The van der Waals surface area contributed by atoms with Crippen LogP contribution in [0.4, 0.5) is 0 Å². The molecule has 2 fully saturated rings. The average Bonchev–Trinajstić information content (AvgIpc) is 3.52. The van der Waals surface area contributed by atoms with Gasteiger partial charge in [-0.2, -0.15) is 0 Å². The van der Waals surface area contributed by atoms with Gasteiger partial charge in [-0.15, -0.1) is 0 Å². The number of β-amino-alcohol motifs (C(OH)–C–C–N with tert-alkyl or cyclic N) is 1. The molecule has 0 aromatic heterocycles. The van der Waals surface area contributed by atoms with Crippen molar-refractivity contribution in [2.45, 2.75) is 25.0 Å². The highest BCUT2D eigenvalue weighted by molar-refractivity contribution is 6.01. The molecule has 1 amide bonds. The third-order valence-corrected chi connectivity index (χ3v) is 6.89. The molecule has 0 spiro atoms. The molecular formula is C27H28N2O4. The number of nitrogens with zero attached hydrogens (tertiary/aromatic N) is 2. The first-order valence-corrected chi connectivity index (χ1v) is 11.5. The zero-order chi connectivity index (χ0) is 22.9. The first-order valence-electron chi connectivity index (χ1n) is 11.5. The summed E-state index contributed by atoms with van der Waals surface area (Å²) in [5.41, 5.74) is 2.87. The quantitative estimate of drug-likeness (QED) is 0.623. The van der Waals surface area contributed by atoms with Crippen molar-refractivity contribution in [3.8, 4) is 11.1 Å². The van der Waals surface area contributed by atoms with Crippen LogP contribution in [0.5, 0.6) is 0 Å². The molecule has 0 unspecified atom stereocenters. The SMILES string of the molecule is COC(=O)c1ccccc1-c1ccc2cc(C(=O)N3C[C@H](O)[C@@H](N4CCCC4)C3)ccc2c1. The lowest BCUT2D eigenvalue weighted by Crippen LogP contribution is -2.41. The number of esters is 1. The Labute approximate surface area is 193 Å². The van der Waals surface area contributed by atoms with Gasteiger partial charge in [0.05, 0.1) is 24.8 Å². The van der Waals surface area contributed by atoms with Crippen LogP contribution in [0.1, 0.15) is 33.6 Å². The van der Waals surface area contributed by atoms with Crippen LogP contribution in [-0.4, -0.2) is 72.2 Å². The van der Waals surface area contributed by atoms with E-state index in [0.717, 1.165) is 47.8 Å². The summed E-state index contributed by atoms with van der Waals surface area (Å²) >= 11 is 0. The number of methoxy groups -OCH3 is 1. The topological polar surface area (TPSA) is 70.1 Å². The van der Waals surface area contributed by atoms with Gasteiger partial charge < -0.3 is 14.7 Å². The van der Waals surface area contributed by atoms with Crippen molar-refractivity contribution in [1.29, 1.82) is 0 Å². The number of likely N-dealkylation sites (tertiary alicyclic amines) is 2. The van der Waals surface area contributed by atoms with Gasteiger partial charge in [0, 0.05) is 18.7 Å². The third-order valence-electron chi connectivity index (χ3n) is 6.89. The highest BCUT2D eigenvalue weighted by Gasteiger charge is 2.38. The van der Waals surface area contributed by atoms with Crippen molar-refractivity contribution < 1.29 is 19.4 Å². The number of amides is 1. The summed E-state index contributed by atoms with van der Waals surface area (Å²) in [6, 6.07) is 19.1. The van der Waals surface area contributed by atoms with E-state index in [1.54, 1.807) is 11.0 Å². The molecule has 33 heavy (non-hydrogen) atoms. The Morgan fingerprint density at radius 3 is 2.45 bits per heavy atom. The Morgan fingerprint density at radius 2 is 1.67 bits per heavy atom. The summed E-state index contributed by atoms with van der Waals surface area (Å²) in [5.74, 6) is -0.413. The van der Waals surface area contributed by atoms with E-state index in [1.807, 2.05) is 54.6 Å². The van der Waals surface area contributed by atoms with Crippen molar-refractivity contribution >= 4 is 22.6 Å². The standard InChI is InChI=1S/C27H28N2O4/c1-33-27(32)23-7-3-2-6-22(23)20-10-8-19-15-21(11-9-18(19)14-20)26(31)29-16-24(25(30)17-29)28-12-4-5-13-28/h2-3,6-11,14-15,24-25,30H,4-5,12-13,16-17H2,1H3/t24-,25-/m0/s1. The molecule has 0 aliphatic carbocycles. The van der Waals surface area contributed by atoms with Crippen LogP contribution < -0.4 is 0 Å². The van der Waals surface area contributed by atoms with Gasteiger partial charge in [-0.25, -0.2) is 4.79 Å².